The number of carboxylic acids is 1. The Bertz CT molecular complexity index is 612. The van der Waals surface area contributed by atoms with E-state index in [0.29, 0.717) is 5.69 Å². The molecule has 0 bridgehead atoms. The van der Waals surface area contributed by atoms with Crippen LogP contribution in [0.15, 0.2) is 30.3 Å². The molecule has 7 heteroatoms. The van der Waals surface area contributed by atoms with Gasteiger partial charge in [-0.1, -0.05) is 18.2 Å². The molecule has 0 aliphatic carbocycles. The number of carbonyl (C=O) groups is 2. The van der Waals surface area contributed by atoms with Gasteiger partial charge in [-0.15, -0.1) is 0 Å². The Hall–Kier alpha value is -1.89. The van der Waals surface area contributed by atoms with Crippen LogP contribution in [0.1, 0.15) is 12.8 Å². The SMILES string of the molecule is O=C(O)CN(C(=O)C1CCS(=O)(=O)CC1)c1ccccc1. The van der Waals surface area contributed by atoms with Gasteiger partial charge in [0.2, 0.25) is 5.91 Å². The van der Waals surface area contributed by atoms with Crippen molar-refractivity contribution in [2.75, 3.05) is 23.0 Å². The van der Waals surface area contributed by atoms with Crippen LogP contribution in [0.3, 0.4) is 0 Å². The van der Waals surface area contributed by atoms with Crippen molar-refractivity contribution in [2.45, 2.75) is 12.8 Å². The fraction of sp³-hybridized carbons (Fsp3) is 0.429. The van der Waals surface area contributed by atoms with Gasteiger partial charge in [-0.3, -0.25) is 9.59 Å². The topological polar surface area (TPSA) is 91.8 Å². The van der Waals surface area contributed by atoms with Crippen LogP contribution < -0.4 is 4.90 Å². The molecule has 1 amide bonds. The first-order chi connectivity index (χ1) is 9.89. The average Bonchev–Trinajstić information content (AvgIpc) is 2.45. The number of benzene rings is 1. The van der Waals surface area contributed by atoms with Crippen LogP contribution >= 0.6 is 0 Å². The lowest BCUT2D eigenvalue weighted by molar-refractivity contribution is -0.137. The number of carbonyl (C=O) groups excluding carboxylic acids is 1. The van der Waals surface area contributed by atoms with Gasteiger partial charge in [-0.25, -0.2) is 8.42 Å². The molecule has 114 valence electrons. The molecule has 1 aliphatic heterocycles. The molecule has 1 N–H and O–H groups in total. The largest absolute Gasteiger partial charge is 0.480 e. The fourth-order valence-electron chi connectivity index (χ4n) is 2.40. The number of para-hydroxylation sites is 1. The summed E-state index contributed by atoms with van der Waals surface area (Å²) in [7, 11) is -3.05. The lowest BCUT2D eigenvalue weighted by Crippen LogP contribution is -2.42. The van der Waals surface area contributed by atoms with E-state index in [1.54, 1.807) is 30.3 Å². The van der Waals surface area contributed by atoms with Gasteiger partial charge in [0, 0.05) is 11.6 Å². The van der Waals surface area contributed by atoms with Gasteiger partial charge in [0.15, 0.2) is 0 Å². The summed E-state index contributed by atoms with van der Waals surface area (Å²) < 4.78 is 22.8. The minimum absolute atomic E-state index is 0.0148. The molecule has 1 fully saturated rings. The van der Waals surface area contributed by atoms with Gasteiger partial charge in [0.05, 0.1) is 11.5 Å². The van der Waals surface area contributed by atoms with Gasteiger partial charge in [0.1, 0.15) is 16.4 Å². The second-order valence-electron chi connectivity index (χ2n) is 5.08. The number of carboxylic acid groups (broad SMARTS) is 1. The van der Waals surface area contributed by atoms with Crippen molar-refractivity contribution in [1.82, 2.24) is 0 Å². The summed E-state index contributed by atoms with van der Waals surface area (Å²) in [5, 5.41) is 8.99. The molecule has 0 saturated carbocycles. The van der Waals surface area contributed by atoms with E-state index in [1.807, 2.05) is 0 Å². The van der Waals surface area contributed by atoms with Crippen LogP contribution in [-0.4, -0.2) is 43.5 Å². The van der Waals surface area contributed by atoms with E-state index in [1.165, 1.54) is 4.90 Å². The predicted molar refractivity (Wildman–Crippen MR) is 77.8 cm³/mol. The Labute approximate surface area is 123 Å². The number of hydrogen-bond donors (Lipinski definition) is 1. The zero-order valence-corrected chi connectivity index (χ0v) is 12.3. The van der Waals surface area contributed by atoms with Crippen molar-refractivity contribution in [3.63, 3.8) is 0 Å². The first kappa shape index (κ1) is 15.5. The predicted octanol–water partition coefficient (Wildman–Crippen LogP) is 0.929. The number of anilines is 1. The van der Waals surface area contributed by atoms with E-state index in [2.05, 4.69) is 0 Å². The van der Waals surface area contributed by atoms with Crippen LogP contribution in [0, 0.1) is 5.92 Å². The molecule has 1 aromatic carbocycles. The van der Waals surface area contributed by atoms with Crippen molar-refractivity contribution < 1.29 is 23.1 Å². The maximum atomic E-state index is 12.5. The molecule has 0 aromatic heterocycles. The van der Waals surface area contributed by atoms with Gasteiger partial charge < -0.3 is 10.0 Å². The third-order valence-electron chi connectivity index (χ3n) is 3.53. The van der Waals surface area contributed by atoms with E-state index in [9.17, 15) is 18.0 Å². The molecule has 1 aliphatic rings. The van der Waals surface area contributed by atoms with Crippen LogP contribution in [0.25, 0.3) is 0 Å². The van der Waals surface area contributed by atoms with Crippen molar-refractivity contribution in [3.05, 3.63) is 30.3 Å². The fourth-order valence-corrected chi connectivity index (χ4v) is 3.89. The van der Waals surface area contributed by atoms with Gasteiger partial charge in [-0.05, 0) is 25.0 Å². The molecular weight excluding hydrogens is 294 g/mol. The van der Waals surface area contributed by atoms with Crippen molar-refractivity contribution >= 4 is 27.4 Å². The summed E-state index contributed by atoms with van der Waals surface area (Å²) in [6.07, 6.45) is 0.508. The smallest absolute Gasteiger partial charge is 0.323 e. The summed E-state index contributed by atoms with van der Waals surface area (Å²) in [4.78, 5) is 24.7. The number of amides is 1. The van der Waals surface area contributed by atoms with Crippen LogP contribution in [0.2, 0.25) is 0 Å². The lowest BCUT2D eigenvalue weighted by atomic mass is 10.0. The maximum Gasteiger partial charge on any atom is 0.323 e. The number of nitrogens with zero attached hydrogens (tertiary/aromatic N) is 1. The van der Waals surface area contributed by atoms with Crippen LogP contribution in [0.5, 0.6) is 0 Å². The summed E-state index contributed by atoms with van der Waals surface area (Å²) in [5.74, 6) is -1.89. The summed E-state index contributed by atoms with van der Waals surface area (Å²) >= 11 is 0. The zero-order chi connectivity index (χ0) is 15.5. The highest BCUT2D eigenvalue weighted by Gasteiger charge is 2.32. The second kappa shape index (κ2) is 6.26. The van der Waals surface area contributed by atoms with Gasteiger partial charge in [-0.2, -0.15) is 0 Å². The number of hydrogen-bond acceptors (Lipinski definition) is 4. The highest BCUT2D eigenvalue weighted by molar-refractivity contribution is 7.91. The minimum Gasteiger partial charge on any atom is -0.480 e. The van der Waals surface area contributed by atoms with Gasteiger partial charge >= 0.3 is 5.97 Å². The van der Waals surface area contributed by atoms with E-state index >= 15 is 0 Å². The average molecular weight is 311 g/mol. The highest BCUT2D eigenvalue weighted by Crippen LogP contribution is 2.24. The summed E-state index contributed by atoms with van der Waals surface area (Å²) in [5.41, 5.74) is 0.512. The van der Waals surface area contributed by atoms with Crippen LogP contribution in [0.4, 0.5) is 5.69 Å². The van der Waals surface area contributed by atoms with Crippen molar-refractivity contribution in [2.24, 2.45) is 5.92 Å². The molecule has 0 radical (unpaired) electrons. The summed E-state index contributed by atoms with van der Waals surface area (Å²) in [6, 6.07) is 8.56. The molecule has 2 rings (SSSR count). The molecule has 1 aromatic rings. The molecular formula is C14H17NO5S. The Kier molecular flexibility index (Phi) is 4.62. The molecule has 1 heterocycles. The Morgan fingerprint density at radius 2 is 1.71 bits per heavy atom. The number of sulfone groups is 1. The first-order valence-electron chi connectivity index (χ1n) is 6.68. The third-order valence-corrected chi connectivity index (χ3v) is 5.25. The van der Waals surface area contributed by atoms with E-state index in [4.69, 9.17) is 5.11 Å². The molecule has 6 nitrogen and oxygen atoms in total. The molecule has 0 unspecified atom stereocenters. The van der Waals surface area contributed by atoms with Crippen LogP contribution in [-0.2, 0) is 19.4 Å². The summed E-state index contributed by atoms with van der Waals surface area (Å²) in [6.45, 7) is -0.425. The highest BCUT2D eigenvalue weighted by atomic mass is 32.2. The zero-order valence-electron chi connectivity index (χ0n) is 11.4. The minimum atomic E-state index is -3.05. The number of aliphatic carboxylic acids is 1. The molecule has 0 spiro atoms. The Balaban J connectivity index is 2.17. The quantitative estimate of drug-likeness (QED) is 0.893. The van der Waals surface area contributed by atoms with Gasteiger partial charge in [0.25, 0.3) is 0 Å². The van der Waals surface area contributed by atoms with Crippen molar-refractivity contribution in [1.29, 1.82) is 0 Å². The molecule has 21 heavy (non-hydrogen) atoms. The second-order valence-corrected chi connectivity index (χ2v) is 7.38. The molecule has 1 saturated heterocycles. The Morgan fingerprint density at radius 1 is 1.14 bits per heavy atom. The normalized spacial score (nSPS) is 18.1. The third kappa shape index (κ3) is 4.04. The monoisotopic (exact) mass is 311 g/mol. The maximum absolute atomic E-state index is 12.5. The van der Waals surface area contributed by atoms with E-state index < -0.39 is 28.3 Å². The number of rotatable bonds is 4. The Morgan fingerprint density at radius 3 is 2.24 bits per heavy atom. The first-order valence-corrected chi connectivity index (χ1v) is 8.50. The standard InChI is InChI=1S/C14H17NO5S/c16-13(17)10-15(12-4-2-1-3-5-12)14(18)11-6-8-21(19,20)9-7-11/h1-5,11H,6-10H2,(H,16,17). The van der Waals surface area contributed by atoms with E-state index in [-0.39, 0.29) is 30.3 Å². The van der Waals surface area contributed by atoms with E-state index in [0.717, 1.165) is 0 Å². The lowest BCUT2D eigenvalue weighted by Gasteiger charge is -2.28. The molecule has 0 atom stereocenters. The van der Waals surface area contributed by atoms with Crippen molar-refractivity contribution in [3.8, 4) is 0 Å².